The SMILES string of the molecule is CC(=O)c1ccc(C#N)cc1NCc1nnc2ccccn12. The minimum atomic E-state index is -0.0573. The number of benzene rings is 1. The van der Waals surface area contributed by atoms with Crippen molar-refractivity contribution in [2.24, 2.45) is 0 Å². The van der Waals surface area contributed by atoms with Crippen LogP contribution < -0.4 is 5.32 Å². The molecule has 0 spiro atoms. The van der Waals surface area contributed by atoms with Gasteiger partial charge in [-0.3, -0.25) is 9.20 Å². The van der Waals surface area contributed by atoms with E-state index in [-0.39, 0.29) is 5.78 Å². The number of Topliss-reactive ketones (excluding diaryl/α,β-unsaturated/α-hetero) is 1. The van der Waals surface area contributed by atoms with Crippen molar-refractivity contribution in [3.05, 3.63) is 59.5 Å². The van der Waals surface area contributed by atoms with Crippen molar-refractivity contribution < 1.29 is 4.79 Å². The molecule has 6 heteroatoms. The van der Waals surface area contributed by atoms with Gasteiger partial charge in [-0.1, -0.05) is 6.07 Å². The molecule has 0 aliphatic carbocycles. The molecule has 0 atom stereocenters. The first-order valence-corrected chi connectivity index (χ1v) is 6.76. The van der Waals surface area contributed by atoms with Gasteiger partial charge in [0.2, 0.25) is 0 Å². The number of nitrogens with zero attached hydrogens (tertiary/aromatic N) is 4. The Labute approximate surface area is 127 Å². The van der Waals surface area contributed by atoms with E-state index in [0.29, 0.717) is 23.4 Å². The number of hydrogen-bond donors (Lipinski definition) is 1. The molecule has 0 bridgehead atoms. The predicted octanol–water partition coefficient (Wildman–Crippen LogP) is 2.42. The lowest BCUT2D eigenvalue weighted by Gasteiger charge is -2.10. The van der Waals surface area contributed by atoms with Crippen molar-refractivity contribution >= 4 is 17.1 Å². The Balaban J connectivity index is 1.90. The van der Waals surface area contributed by atoms with Crippen molar-refractivity contribution in [1.82, 2.24) is 14.6 Å². The Morgan fingerprint density at radius 3 is 2.95 bits per heavy atom. The smallest absolute Gasteiger partial charge is 0.161 e. The average molecular weight is 291 g/mol. The Morgan fingerprint density at radius 2 is 2.18 bits per heavy atom. The van der Waals surface area contributed by atoms with Gasteiger partial charge >= 0.3 is 0 Å². The monoisotopic (exact) mass is 291 g/mol. The number of anilines is 1. The number of carbonyl (C=O) groups is 1. The molecule has 6 nitrogen and oxygen atoms in total. The molecule has 0 aliphatic heterocycles. The first-order valence-electron chi connectivity index (χ1n) is 6.76. The van der Waals surface area contributed by atoms with E-state index in [2.05, 4.69) is 21.6 Å². The second kappa shape index (κ2) is 5.66. The maximum atomic E-state index is 11.7. The summed E-state index contributed by atoms with van der Waals surface area (Å²) in [6.45, 7) is 1.90. The van der Waals surface area contributed by atoms with Crippen LogP contribution in [0.2, 0.25) is 0 Å². The van der Waals surface area contributed by atoms with Gasteiger partial charge in [0, 0.05) is 17.4 Å². The molecule has 2 heterocycles. The summed E-state index contributed by atoms with van der Waals surface area (Å²) in [6, 6.07) is 12.7. The Bertz CT molecular complexity index is 891. The fraction of sp³-hybridized carbons (Fsp3) is 0.125. The van der Waals surface area contributed by atoms with Crippen molar-refractivity contribution in [2.75, 3.05) is 5.32 Å². The molecule has 0 saturated carbocycles. The minimum absolute atomic E-state index is 0.0573. The standard InChI is InChI=1S/C16H13N5O/c1-11(22)13-6-5-12(9-17)8-14(13)18-10-16-20-19-15-4-2-3-7-21(15)16/h2-8,18H,10H2,1H3. The number of hydrogen-bond acceptors (Lipinski definition) is 5. The van der Waals surface area contributed by atoms with Gasteiger partial charge in [-0.2, -0.15) is 5.26 Å². The van der Waals surface area contributed by atoms with Gasteiger partial charge < -0.3 is 5.32 Å². The zero-order chi connectivity index (χ0) is 15.5. The summed E-state index contributed by atoms with van der Waals surface area (Å²) in [7, 11) is 0. The molecule has 1 aromatic carbocycles. The van der Waals surface area contributed by atoms with Crippen LogP contribution in [-0.4, -0.2) is 20.4 Å². The number of rotatable bonds is 4. The molecule has 3 aromatic rings. The third-order valence-electron chi connectivity index (χ3n) is 3.35. The average Bonchev–Trinajstić information content (AvgIpc) is 2.95. The van der Waals surface area contributed by atoms with Crippen molar-refractivity contribution in [2.45, 2.75) is 13.5 Å². The summed E-state index contributed by atoms with van der Waals surface area (Å²) in [4.78, 5) is 11.7. The van der Waals surface area contributed by atoms with Gasteiger partial charge in [0.05, 0.1) is 18.2 Å². The molecule has 3 rings (SSSR count). The zero-order valence-electron chi connectivity index (χ0n) is 11.9. The molecule has 0 aliphatic rings. The maximum Gasteiger partial charge on any atom is 0.161 e. The van der Waals surface area contributed by atoms with Gasteiger partial charge in [0.15, 0.2) is 17.3 Å². The van der Waals surface area contributed by atoms with Crippen LogP contribution >= 0.6 is 0 Å². The third-order valence-corrected chi connectivity index (χ3v) is 3.35. The van der Waals surface area contributed by atoms with Crippen molar-refractivity contribution in [1.29, 1.82) is 5.26 Å². The van der Waals surface area contributed by atoms with Crippen LogP contribution in [0.25, 0.3) is 5.65 Å². The van der Waals surface area contributed by atoms with E-state index < -0.39 is 0 Å². The highest BCUT2D eigenvalue weighted by Crippen LogP contribution is 2.19. The highest BCUT2D eigenvalue weighted by Gasteiger charge is 2.10. The summed E-state index contributed by atoms with van der Waals surface area (Å²) >= 11 is 0. The number of aromatic nitrogens is 3. The number of nitrogens with one attached hydrogen (secondary N) is 1. The molecule has 0 fully saturated rings. The van der Waals surface area contributed by atoms with Gasteiger partial charge in [-0.15, -0.1) is 10.2 Å². The molecule has 22 heavy (non-hydrogen) atoms. The summed E-state index contributed by atoms with van der Waals surface area (Å²) in [6.07, 6.45) is 1.88. The Hall–Kier alpha value is -3.20. The van der Waals surface area contributed by atoms with Crippen LogP contribution in [0.1, 0.15) is 28.7 Å². The number of ketones is 1. The van der Waals surface area contributed by atoms with Crippen LogP contribution in [-0.2, 0) is 6.54 Å². The van der Waals surface area contributed by atoms with Crippen molar-refractivity contribution in [3.63, 3.8) is 0 Å². The van der Waals surface area contributed by atoms with Gasteiger partial charge in [-0.05, 0) is 37.3 Å². The third kappa shape index (κ3) is 2.52. The van der Waals surface area contributed by atoms with Crippen LogP contribution in [0, 0.1) is 11.3 Å². The van der Waals surface area contributed by atoms with Crippen LogP contribution in [0.4, 0.5) is 5.69 Å². The summed E-state index contributed by atoms with van der Waals surface area (Å²) < 4.78 is 1.87. The van der Waals surface area contributed by atoms with E-state index in [9.17, 15) is 4.79 Å². The predicted molar refractivity (Wildman–Crippen MR) is 81.5 cm³/mol. The summed E-state index contributed by atoms with van der Waals surface area (Å²) in [5.74, 6) is 0.672. The first-order chi connectivity index (χ1) is 10.7. The lowest BCUT2D eigenvalue weighted by atomic mass is 10.1. The maximum absolute atomic E-state index is 11.7. The molecule has 1 N–H and O–H groups in total. The van der Waals surface area contributed by atoms with E-state index >= 15 is 0 Å². The zero-order valence-corrected chi connectivity index (χ0v) is 11.9. The molecular weight excluding hydrogens is 278 g/mol. The normalized spacial score (nSPS) is 10.4. The van der Waals surface area contributed by atoms with E-state index in [1.54, 1.807) is 18.2 Å². The van der Waals surface area contributed by atoms with E-state index in [4.69, 9.17) is 5.26 Å². The Kier molecular flexibility index (Phi) is 3.54. The molecule has 0 amide bonds. The van der Waals surface area contributed by atoms with E-state index in [0.717, 1.165) is 11.5 Å². The lowest BCUT2D eigenvalue weighted by Crippen LogP contribution is -2.08. The Morgan fingerprint density at radius 1 is 1.32 bits per heavy atom. The van der Waals surface area contributed by atoms with Crippen LogP contribution in [0.3, 0.4) is 0 Å². The highest BCUT2D eigenvalue weighted by molar-refractivity contribution is 5.99. The second-order valence-corrected chi connectivity index (χ2v) is 4.83. The molecule has 0 saturated heterocycles. The molecular formula is C16H13N5O. The molecule has 2 aromatic heterocycles. The highest BCUT2D eigenvalue weighted by atomic mass is 16.1. The summed E-state index contributed by atoms with van der Waals surface area (Å²) in [5, 5.41) is 20.4. The van der Waals surface area contributed by atoms with E-state index in [1.165, 1.54) is 6.92 Å². The van der Waals surface area contributed by atoms with Crippen molar-refractivity contribution in [3.8, 4) is 6.07 Å². The minimum Gasteiger partial charge on any atom is -0.377 e. The fourth-order valence-corrected chi connectivity index (χ4v) is 2.25. The lowest BCUT2D eigenvalue weighted by molar-refractivity contribution is 0.101. The van der Waals surface area contributed by atoms with Crippen LogP contribution in [0.15, 0.2) is 42.6 Å². The number of carbonyl (C=O) groups excluding carboxylic acids is 1. The molecule has 108 valence electrons. The van der Waals surface area contributed by atoms with Crippen LogP contribution in [0.5, 0.6) is 0 Å². The number of pyridine rings is 1. The van der Waals surface area contributed by atoms with Gasteiger partial charge in [0.1, 0.15) is 0 Å². The number of nitriles is 1. The second-order valence-electron chi connectivity index (χ2n) is 4.83. The molecule has 0 unspecified atom stereocenters. The number of fused-ring (bicyclic) bond motifs is 1. The molecule has 0 radical (unpaired) electrons. The van der Waals surface area contributed by atoms with Gasteiger partial charge in [0.25, 0.3) is 0 Å². The quantitative estimate of drug-likeness (QED) is 0.746. The largest absolute Gasteiger partial charge is 0.377 e. The fourth-order valence-electron chi connectivity index (χ4n) is 2.25. The summed E-state index contributed by atoms with van der Waals surface area (Å²) in [5.41, 5.74) is 2.43. The van der Waals surface area contributed by atoms with E-state index in [1.807, 2.05) is 28.8 Å². The topological polar surface area (TPSA) is 83.1 Å². The van der Waals surface area contributed by atoms with Gasteiger partial charge in [-0.25, -0.2) is 0 Å². The first kappa shape index (κ1) is 13.8.